The predicted octanol–water partition coefficient (Wildman–Crippen LogP) is 1.07. The van der Waals surface area contributed by atoms with E-state index in [0.717, 1.165) is 11.3 Å². The van der Waals surface area contributed by atoms with E-state index < -0.39 is 5.97 Å². The molecular weight excluding hydrogens is 324 g/mol. The molecule has 7 nitrogen and oxygen atoms in total. The quantitative estimate of drug-likeness (QED) is 0.719. The molecule has 1 heterocycles. The predicted molar refractivity (Wildman–Crippen MR) is 90.8 cm³/mol. The van der Waals surface area contributed by atoms with Gasteiger partial charge in [-0.25, -0.2) is 0 Å². The van der Waals surface area contributed by atoms with Crippen molar-refractivity contribution in [1.82, 2.24) is 9.80 Å². The van der Waals surface area contributed by atoms with E-state index in [9.17, 15) is 14.4 Å². The largest absolute Gasteiger partial charge is 0.497 e. The molecule has 0 aliphatic carbocycles. The van der Waals surface area contributed by atoms with Gasteiger partial charge in [-0.05, 0) is 24.1 Å². The third-order valence-electron chi connectivity index (χ3n) is 4.33. The number of benzene rings is 1. The minimum absolute atomic E-state index is 0.0301. The highest BCUT2D eigenvalue weighted by atomic mass is 16.5. The Morgan fingerprint density at radius 1 is 1.32 bits per heavy atom. The zero-order valence-electron chi connectivity index (χ0n) is 14.9. The number of carbonyl (C=O) groups excluding carboxylic acids is 3. The first-order valence-electron chi connectivity index (χ1n) is 8.17. The Bertz CT molecular complexity index is 646. The lowest BCUT2D eigenvalue weighted by Gasteiger charge is -2.33. The average molecular weight is 348 g/mol. The van der Waals surface area contributed by atoms with E-state index in [-0.39, 0.29) is 24.3 Å². The number of hydrogen-bond acceptors (Lipinski definition) is 5. The van der Waals surface area contributed by atoms with Gasteiger partial charge >= 0.3 is 5.97 Å². The summed E-state index contributed by atoms with van der Waals surface area (Å²) < 4.78 is 9.79. The number of rotatable bonds is 6. The number of methoxy groups -OCH3 is 2. The number of likely N-dealkylation sites (tertiary alicyclic amines) is 1. The fraction of sp³-hybridized carbons (Fsp3) is 0.500. The van der Waals surface area contributed by atoms with Crippen LogP contribution in [-0.4, -0.2) is 61.9 Å². The summed E-state index contributed by atoms with van der Waals surface area (Å²) in [5.74, 6) is -0.155. The maximum Gasteiger partial charge on any atom is 0.325 e. The molecule has 0 unspecified atom stereocenters. The molecule has 7 heteroatoms. The summed E-state index contributed by atoms with van der Waals surface area (Å²) >= 11 is 0. The van der Waals surface area contributed by atoms with Gasteiger partial charge in [-0.15, -0.1) is 0 Å². The van der Waals surface area contributed by atoms with Crippen LogP contribution in [0.15, 0.2) is 24.3 Å². The Labute approximate surface area is 147 Å². The molecule has 2 rings (SSSR count). The van der Waals surface area contributed by atoms with Gasteiger partial charge in [0.15, 0.2) is 0 Å². The van der Waals surface area contributed by atoms with Gasteiger partial charge in [0.2, 0.25) is 11.8 Å². The van der Waals surface area contributed by atoms with Crippen molar-refractivity contribution in [1.29, 1.82) is 0 Å². The van der Waals surface area contributed by atoms with Crippen LogP contribution in [0.4, 0.5) is 0 Å². The molecule has 1 aliphatic heterocycles. The molecule has 0 aromatic heterocycles. The van der Waals surface area contributed by atoms with E-state index in [1.165, 1.54) is 12.0 Å². The number of nitrogens with zero attached hydrogens (tertiary/aromatic N) is 2. The van der Waals surface area contributed by atoms with Gasteiger partial charge in [-0.1, -0.05) is 12.1 Å². The summed E-state index contributed by atoms with van der Waals surface area (Å²) in [5.41, 5.74) is 0.948. The van der Waals surface area contributed by atoms with Crippen LogP contribution in [0.5, 0.6) is 5.75 Å². The molecule has 0 spiro atoms. The Balaban J connectivity index is 2.01. The van der Waals surface area contributed by atoms with Crippen LogP contribution in [0.25, 0.3) is 0 Å². The van der Waals surface area contributed by atoms with Gasteiger partial charge in [0.25, 0.3) is 0 Å². The first-order chi connectivity index (χ1) is 11.9. The molecule has 0 radical (unpaired) electrons. The number of hydrogen-bond donors (Lipinski definition) is 0. The molecule has 1 aliphatic rings. The number of amides is 2. The van der Waals surface area contributed by atoms with E-state index in [1.54, 1.807) is 19.1 Å². The summed E-state index contributed by atoms with van der Waals surface area (Å²) in [7, 11) is 4.45. The van der Waals surface area contributed by atoms with Crippen molar-refractivity contribution >= 4 is 17.8 Å². The van der Waals surface area contributed by atoms with Crippen molar-refractivity contribution < 1.29 is 23.9 Å². The molecule has 0 saturated carbocycles. The van der Waals surface area contributed by atoms with Gasteiger partial charge in [-0.2, -0.15) is 0 Å². The van der Waals surface area contributed by atoms with Crippen molar-refractivity contribution in [2.45, 2.75) is 19.4 Å². The molecule has 1 atom stereocenters. The number of esters is 1. The molecule has 0 bridgehead atoms. The smallest absolute Gasteiger partial charge is 0.325 e. The highest BCUT2D eigenvalue weighted by Gasteiger charge is 2.32. The standard InChI is InChI=1S/C18H24N2O5/c1-19(12-17(22)25-3)18(23)14-7-8-16(21)20(11-14)10-13-5-4-6-15(9-13)24-2/h4-6,9,14H,7-8,10-12H2,1-3H3/t14-/m0/s1. The van der Waals surface area contributed by atoms with Crippen molar-refractivity contribution in [3.05, 3.63) is 29.8 Å². The number of carbonyl (C=O) groups is 3. The zero-order chi connectivity index (χ0) is 18.4. The molecule has 136 valence electrons. The van der Waals surface area contributed by atoms with E-state index >= 15 is 0 Å². The fourth-order valence-corrected chi connectivity index (χ4v) is 2.91. The maximum atomic E-state index is 12.5. The molecule has 1 aromatic rings. The van der Waals surface area contributed by atoms with Crippen molar-refractivity contribution in [2.75, 3.05) is 34.4 Å². The molecule has 1 fully saturated rings. The van der Waals surface area contributed by atoms with E-state index in [0.29, 0.717) is 25.9 Å². The minimum Gasteiger partial charge on any atom is -0.497 e. The Morgan fingerprint density at radius 3 is 2.76 bits per heavy atom. The van der Waals surface area contributed by atoms with Crippen LogP contribution >= 0.6 is 0 Å². The summed E-state index contributed by atoms with van der Waals surface area (Å²) in [6.45, 7) is 0.691. The van der Waals surface area contributed by atoms with Gasteiger partial charge in [-0.3, -0.25) is 14.4 Å². The van der Waals surface area contributed by atoms with Gasteiger partial charge < -0.3 is 19.3 Å². The molecule has 0 N–H and O–H groups in total. The van der Waals surface area contributed by atoms with Crippen LogP contribution in [-0.2, 0) is 25.7 Å². The molecule has 2 amide bonds. The van der Waals surface area contributed by atoms with Gasteiger partial charge in [0, 0.05) is 26.6 Å². The minimum atomic E-state index is -0.462. The van der Waals surface area contributed by atoms with Crippen LogP contribution < -0.4 is 4.74 Å². The van der Waals surface area contributed by atoms with E-state index in [2.05, 4.69) is 4.74 Å². The van der Waals surface area contributed by atoms with Gasteiger partial charge in [0.1, 0.15) is 12.3 Å². The van der Waals surface area contributed by atoms with Crippen molar-refractivity contribution in [3.8, 4) is 5.75 Å². The fourth-order valence-electron chi connectivity index (χ4n) is 2.91. The second kappa shape index (κ2) is 8.50. The number of piperidine rings is 1. The Morgan fingerprint density at radius 2 is 2.08 bits per heavy atom. The van der Waals surface area contributed by atoms with Crippen LogP contribution in [0, 0.1) is 5.92 Å². The average Bonchev–Trinajstić information content (AvgIpc) is 2.62. The second-order valence-electron chi connectivity index (χ2n) is 6.13. The normalized spacial score (nSPS) is 17.2. The third-order valence-corrected chi connectivity index (χ3v) is 4.33. The lowest BCUT2D eigenvalue weighted by molar-refractivity contribution is -0.150. The van der Waals surface area contributed by atoms with E-state index in [4.69, 9.17) is 4.74 Å². The Kier molecular flexibility index (Phi) is 6.38. The maximum absolute atomic E-state index is 12.5. The second-order valence-corrected chi connectivity index (χ2v) is 6.13. The Hall–Kier alpha value is -2.57. The molecular formula is C18H24N2O5. The molecule has 1 aromatic carbocycles. The van der Waals surface area contributed by atoms with Crippen LogP contribution in [0.2, 0.25) is 0 Å². The first kappa shape index (κ1) is 18.8. The summed E-state index contributed by atoms with van der Waals surface area (Å²) in [5, 5.41) is 0. The first-order valence-corrected chi connectivity index (χ1v) is 8.17. The molecule has 1 saturated heterocycles. The van der Waals surface area contributed by atoms with Crippen LogP contribution in [0.3, 0.4) is 0 Å². The third kappa shape index (κ3) is 4.95. The van der Waals surface area contributed by atoms with E-state index in [1.807, 2.05) is 24.3 Å². The topological polar surface area (TPSA) is 76.2 Å². The van der Waals surface area contributed by atoms with Crippen molar-refractivity contribution in [3.63, 3.8) is 0 Å². The highest BCUT2D eigenvalue weighted by Crippen LogP contribution is 2.22. The monoisotopic (exact) mass is 348 g/mol. The summed E-state index contributed by atoms with van der Waals surface area (Å²) in [6, 6.07) is 7.51. The van der Waals surface area contributed by atoms with Crippen LogP contribution in [0.1, 0.15) is 18.4 Å². The van der Waals surface area contributed by atoms with Crippen molar-refractivity contribution in [2.24, 2.45) is 5.92 Å². The lowest BCUT2D eigenvalue weighted by Crippen LogP contribution is -2.46. The highest BCUT2D eigenvalue weighted by molar-refractivity contribution is 5.86. The SMILES string of the molecule is COC(=O)CN(C)C(=O)[C@H]1CCC(=O)N(Cc2cccc(OC)c2)C1. The summed E-state index contributed by atoms with van der Waals surface area (Å²) in [4.78, 5) is 39.1. The molecule has 25 heavy (non-hydrogen) atoms. The summed E-state index contributed by atoms with van der Waals surface area (Å²) in [6.07, 6.45) is 0.824. The number of ether oxygens (including phenoxy) is 2. The lowest BCUT2D eigenvalue weighted by atomic mass is 9.95. The zero-order valence-corrected chi connectivity index (χ0v) is 14.9. The van der Waals surface area contributed by atoms with Gasteiger partial charge in [0.05, 0.1) is 20.1 Å². The number of likely N-dealkylation sites (N-methyl/N-ethyl adjacent to an activating group) is 1.